The van der Waals surface area contributed by atoms with Crippen LogP contribution in [-0.2, 0) is 6.42 Å². The van der Waals surface area contributed by atoms with E-state index in [1.807, 2.05) is 19.1 Å². The summed E-state index contributed by atoms with van der Waals surface area (Å²) in [6.07, 6.45) is 0.823. The lowest BCUT2D eigenvalue weighted by Gasteiger charge is -2.09. The molecule has 0 atom stereocenters. The molecule has 0 spiro atoms. The van der Waals surface area contributed by atoms with Gasteiger partial charge in [0.2, 0.25) is 0 Å². The van der Waals surface area contributed by atoms with Crippen LogP contribution in [0.1, 0.15) is 11.3 Å². The van der Waals surface area contributed by atoms with Crippen LogP contribution in [0.4, 0.5) is 0 Å². The van der Waals surface area contributed by atoms with Gasteiger partial charge in [-0.25, -0.2) is 0 Å². The van der Waals surface area contributed by atoms with Crippen LogP contribution in [0.2, 0.25) is 5.02 Å². The molecule has 98 valence electrons. The van der Waals surface area contributed by atoms with E-state index >= 15 is 0 Å². The van der Waals surface area contributed by atoms with Crippen LogP contribution in [0, 0.1) is 6.92 Å². The van der Waals surface area contributed by atoms with Gasteiger partial charge in [-0.05, 0) is 47.8 Å². The molecule has 2 heterocycles. The zero-order chi connectivity index (χ0) is 13.2. The average Bonchev–Trinajstić information content (AvgIpc) is 3.03. The summed E-state index contributed by atoms with van der Waals surface area (Å²) in [5, 5.41) is 4.06. The number of amidine groups is 1. The van der Waals surface area contributed by atoms with Gasteiger partial charge in [-0.3, -0.25) is 4.99 Å². The number of benzene rings is 1. The van der Waals surface area contributed by atoms with Crippen molar-refractivity contribution in [3.63, 3.8) is 0 Å². The van der Waals surface area contributed by atoms with Crippen molar-refractivity contribution in [2.45, 2.75) is 13.3 Å². The number of aryl methyl sites for hydroxylation is 1. The highest BCUT2D eigenvalue weighted by molar-refractivity contribution is 7.09. The summed E-state index contributed by atoms with van der Waals surface area (Å²) in [5.74, 6) is 1.06. The van der Waals surface area contributed by atoms with Crippen LogP contribution in [0.5, 0.6) is 0 Å². The first kappa shape index (κ1) is 12.6. The summed E-state index contributed by atoms with van der Waals surface area (Å²) < 4.78 is 4.35. The molecule has 3 rings (SSSR count). The van der Waals surface area contributed by atoms with Gasteiger partial charge in [-0.15, -0.1) is 0 Å². The number of rotatable bonds is 3. The van der Waals surface area contributed by atoms with Crippen LogP contribution >= 0.6 is 23.1 Å². The Morgan fingerprint density at radius 3 is 2.95 bits per heavy atom. The maximum Gasteiger partial charge on any atom is 0.101 e. The van der Waals surface area contributed by atoms with Gasteiger partial charge in [0.1, 0.15) is 5.84 Å². The Balaban J connectivity index is 1.99. The molecule has 0 saturated heterocycles. The molecule has 0 saturated carbocycles. The third-order valence-electron chi connectivity index (χ3n) is 3.07. The fourth-order valence-corrected chi connectivity index (χ4v) is 3.15. The molecule has 1 aromatic heterocycles. The Labute approximate surface area is 121 Å². The van der Waals surface area contributed by atoms with Gasteiger partial charge >= 0.3 is 0 Å². The molecule has 19 heavy (non-hydrogen) atoms. The lowest BCUT2D eigenvalue weighted by Crippen LogP contribution is -2.20. The van der Waals surface area contributed by atoms with Crippen LogP contribution in [-0.4, -0.2) is 23.3 Å². The fraction of sp³-hybridized carbons (Fsp3) is 0.286. The zero-order valence-electron chi connectivity index (χ0n) is 10.6. The third-order valence-corrected chi connectivity index (χ3v) is 4.22. The number of aliphatic imine (C=N–C) groups is 1. The lowest BCUT2D eigenvalue weighted by atomic mass is 10.0. The fourth-order valence-electron chi connectivity index (χ4n) is 2.17. The van der Waals surface area contributed by atoms with Crippen molar-refractivity contribution in [3.05, 3.63) is 40.5 Å². The Kier molecular flexibility index (Phi) is 3.53. The molecule has 1 aromatic carbocycles. The average molecular weight is 292 g/mol. The highest BCUT2D eigenvalue weighted by Gasteiger charge is 2.13. The van der Waals surface area contributed by atoms with Crippen molar-refractivity contribution in [1.82, 2.24) is 9.69 Å². The lowest BCUT2D eigenvalue weighted by molar-refractivity contribution is 0.953. The van der Waals surface area contributed by atoms with Crippen LogP contribution < -0.4 is 5.32 Å². The van der Waals surface area contributed by atoms with E-state index in [1.165, 1.54) is 17.1 Å². The van der Waals surface area contributed by atoms with Crippen molar-refractivity contribution in [2.24, 2.45) is 4.99 Å². The quantitative estimate of drug-likeness (QED) is 0.942. The maximum absolute atomic E-state index is 6.13. The van der Waals surface area contributed by atoms with Gasteiger partial charge in [0, 0.05) is 18.0 Å². The molecule has 0 fully saturated rings. The Bertz CT molecular complexity index is 633. The smallest absolute Gasteiger partial charge is 0.101 e. The molecule has 0 radical (unpaired) electrons. The van der Waals surface area contributed by atoms with Gasteiger partial charge < -0.3 is 5.32 Å². The van der Waals surface area contributed by atoms with E-state index in [0.29, 0.717) is 0 Å². The first-order chi connectivity index (χ1) is 9.22. The Hall–Kier alpha value is -1.39. The minimum Gasteiger partial charge on any atom is -0.372 e. The van der Waals surface area contributed by atoms with E-state index in [0.717, 1.165) is 46.5 Å². The topological polar surface area (TPSA) is 37.3 Å². The normalized spacial score (nSPS) is 14.3. The Morgan fingerprint density at radius 2 is 2.26 bits per heavy atom. The minimum atomic E-state index is 0.756. The largest absolute Gasteiger partial charge is 0.372 e. The monoisotopic (exact) mass is 291 g/mol. The zero-order valence-corrected chi connectivity index (χ0v) is 12.2. The maximum atomic E-state index is 6.13. The molecule has 3 nitrogen and oxygen atoms in total. The second kappa shape index (κ2) is 5.31. The highest BCUT2D eigenvalue weighted by Crippen LogP contribution is 2.31. The third kappa shape index (κ3) is 2.80. The van der Waals surface area contributed by atoms with Gasteiger partial charge in [-0.2, -0.15) is 4.37 Å². The second-order valence-corrected chi connectivity index (χ2v) is 5.81. The number of aromatic nitrogens is 1. The molecule has 1 N–H and O–H groups in total. The standard InChI is InChI=1S/C14H14ClN3S/c1-9-6-13(19-18-9)12-8-11(15)3-2-10(12)7-14-16-4-5-17-14/h2-3,6,8H,4-5,7H2,1H3,(H,16,17). The summed E-state index contributed by atoms with van der Waals surface area (Å²) in [5.41, 5.74) is 3.44. The molecule has 0 bridgehead atoms. The van der Waals surface area contributed by atoms with Crippen LogP contribution in [0.15, 0.2) is 29.3 Å². The SMILES string of the molecule is Cc1cc(-c2cc(Cl)ccc2CC2=NCCN2)sn1. The van der Waals surface area contributed by atoms with E-state index in [1.54, 1.807) is 0 Å². The Morgan fingerprint density at radius 1 is 1.37 bits per heavy atom. The van der Waals surface area contributed by atoms with Gasteiger partial charge in [-0.1, -0.05) is 17.7 Å². The number of nitrogens with zero attached hydrogens (tertiary/aromatic N) is 2. The van der Waals surface area contributed by atoms with Crippen molar-refractivity contribution in [1.29, 1.82) is 0 Å². The molecule has 1 aliphatic heterocycles. The number of hydrogen-bond acceptors (Lipinski definition) is 4. The van der Waals surface area contributed by atoms with E-state index in [-0.39, 0.29) is 0 Å². The van der Waals surface area contributed by atoms with Crippen molar-refractivity contribution < 1.29 is 0 Å². The predicted molar refractivity (Wildman–Crippen MR) is 81.3 cm³/mol. The summed E-state index contributed by atoms with van der Waals surface area (Å²) in [6.45, 7) is 3.82. The molecular weight excluding hydrogens is 278 g/mol. The highest BCUT2D eigenvalue weighted by atomic mass is 35.5. The summed E-state index contributed by atoms with van der Waals surface area (Å²) in [4.78, 5) is 5.61. The van der Waals surface area contributed by atoms with Crippen molar-refractivity contribution in [2.75, 3.05) is 13.1 Å². The van der Waals surface area contributed by atoms with E-state index in [4.69, 9.17) is 11.6 Å². The molecule has 1 aliphatic rings. The predicted octanol–water partition coefficient (Wildman–Crippen LogP) is 3.32. The molecule has 0 amide bonds. The van der Waals surface area contributed by atoms with E-state index < -0.39 is 0 Å². The second-order valence-electron chi connectivity index (χ2n) is 4.57. The van der Waals surface area contributed by atoms with Gasteiger partial charge in [0.15, 0.2) is 0 Å². The number of nitrogens with one attached hydrogen (secondary N) is 1. The van der Waals surface area contributed by atoms with E-state index in [9.17, 15) is 0 Å². The summed E-state index contributed by atoms with van der Waals surface area (Å²) in [7, 11) is 0. The van der Waals surface area contributed by atoms with Gasteiger partial charge in [0.05, 0.1) is 17.1 Å². The molecule has 0 unspecified atom stereocenters. The molecular formula is C14H14ClN3S. The molecule has 0 aliphatic carbocycles. The van der Waals surface area contributed by atoms with Crippen LogP contribution in [0.25, 0.3) is 10.4 Å². The summed E-state index contributed by atoms with van der Waals surface area (Å²) >= 11 is 7.64. The first-order valence-corrected chi connectivity index (χ1v) is 7.37. The van der Waals surface area contributed by atoms with Crippen molar-refractivity contribution in [3.8, 4) is 10.4 Å². The first-order valence-electron chi connectivity index (χ1n) is 6.22. The summed E-state index contributed by atoms with van der Waals surface area (Å²) in [6, 6.07) is 8.13. The van der Waals surface area contributed by atoms with Crippen LogP contribution in [0.3, 0.4) is 0 Å². The van der Waals surface area contributed by atoms with Crippen molar-refractivity contribution >= 4 is 29.0 Å². The van der Waals surface area contributed by atoms with Gasteiger partial charge in [0.25, 0.3) is 0 Å². The molecule has 5 heteroatoms. The molecule has 2 aromatic rings. The van der Waals surface area contributed by atoms with E-state index in [2.05, 4.69) is 26.8 Å². The number of halogens is 1. The minimum absolute atomic E-state index is 0.756. The number of hydrogen-bond donors (Lipinski definition) is 1.